The highest BCUT2D eigenvalue weighted by Crippen LogP contribution is 2.11. The highest BCUT2D eigenvalue weighted by molar-refractivity contribution is 5.92. The van der Waals surface area contributed by atoms with Gasteiger partial charge in [0.15, 0.2) is 0 Å². The number of rotatable bonds is 3. The molecule has 6 nitrogen and oxygen atoms in total. The Hall–Kier alpha value is -2.70. The zero-order valence-electron chi connectivity index (χ0n) is 9.72. The first-order valence-corrected chi connectivity index (χ1v) is 5.35. The second kappa shape index (κ2) is 4.89. The molecule has 0 aliphatic rings. The molecular formula is C12H10FN3O3. The molecule has 0 radical (unpaired) electrons. The van der Waals surface area contributed by atoms with Crippen LogP contribution in [0.4, 0.5) is 4.39 Å². The quantitative estimate of drug-likeness (QED) is 0.803. The van der Waals surface area contributed by atoms with Crippen molar-refractivity contribution in [3.63, 3.8) is 0 Å². The van der Waals surface area contributed by atoms with Gasteiger partial charge in [0.25, 0.3) is 5.56 Å². The van der Waals surface area contributed by atoms with Crippen LogP contribution in [0, 0.1) is 5.82 Å². The molecule has 98 valence electrons. The minimum atomic E-state index is -0.730. The van der Waals surface area contributed by atoms with E-state index in [-0.39, 0.29) is 17.7 Å². The average molecular weight is 263 g/mol. The summed E-state index contributed by atoms with van der Waals surface area (Å²) in [5.41, 5.74) is 4.13. The Balaban J connectivity index is 2.36. The number of carbonyl (C=O) groups is 1. The van der Waals surface area contributed by atoms with Crippen LogP contribution < -0.4 is 17.0 Å². The molecule has 2 rings (SSSR count). The first-order chi connectivity index (χ1) is 8.97. The SMILES string of the molecule is NC(=O)c1ccc(Cn2ccc(=O)[nH]c2=O)c(F)c1. The Morgan fingerprint density at radius 2 is 2.05 bits per heavy atom. The normalized spacial score (nSPS) is 10.4. The Morgan fingerprint density at radius 3 is 2.63 bits per heavy atom. The summed E-state index contributed by atoms with van der Waals surface area (Å²) in [5.74, 6) is -1.37. The van der Waals surface area contributed by atoms with Gasteiger partial charge in [0.05, 0.1) is 6.54 Å². The van der Waals surface area contributed by atoms with Crippen molar-refractivity contribution < 1.29 is 9.18 Å². The topological polar surface area (TPSA) is 97.9 Å². The summed E-state index contributed by atoms with van der Waals surface area (Å²) in [6.07, 6.45) is 1.27. The van der Waals surface area contributed by atoms with E-state index in [1.165, 1.54) is 18.3 Å². The van der Waals surface area contributed by atoms with Gasteiger partial charge < -0.3 is 5.73 Å². The molecule has 0 unspecified atom stereocenters. The maximum absolute atomic E-state index is 13.7. The third-order valence-electron chi connectivity index (χ3n) is 2.58. The van der Waals surface area contributed by atoms with Crippen LogP contribution in [-0.4, -0.2) is 15.5 Å². The van der Waals surface area contributed by atoms with Crippen LogP contribution in [0.1, 0.15) is 15.9 Å². The standard InChI is InChI=1S/C12H10FN3O3/c13-9-5-7(11(14)18)1-2-8(9)6-16-4-3-10(17)15-12(16)19/h1-5H,6H2,(H2,14,18)(H,15,17,19). The summed E-state index contributed by atoms with van der Waals surface area (Å²) >= 11 is 0. The van der Waals surface area contributed by atoms with Gasteiger partial charge in [-0.15, -0.1) is 0 Å². The lowest BCUT2D eigenvalue weighted by molar-refractivity contribution is 0.1000. The number of nitrogens with zero attached hydrogens (tertiary/aromatic N) is 1. The van der Waals surface area contributed by atoms with Crippen molar-refractivity contribution in [2.24, 2.45) is 5.73 Å². The van der Waals surface area contributed by atoms with Crippen molar-refractivity contribution in [2.75, 3.05) is 0 Å². The van der Waals surface area contributed by atoms with E-state index in [9.17, 15) is 18.8 Å². The molecule has 0 bridgehead atoms. The molecule has 1 aromatic carbocycles. The van der Waals surface area contributed by atoms with Crippen molar-refractivity contribution in [1.29, 1.82) is 0 Å². The third kappa shape index (κ3) is 2.76. The molecule has 0 aliphatic carbocycles. The van der Waals surface area contributed by atoms with E-state index in [1.54, 1.807) is 0 Å². The van der Waals surface area contributed by atoms with E-state index in [4.69, 9.17) is 5.73 Å². The number of benzene rings is 1. The van der Waals surface area contributed by atoms with Crippen LogP contribution in [0.3, 0.4) is 0 Å². The number of amides is 1. The van der Waals surface area contributed by atoms with Crippen LogP contribution in [0.2, 0.25) is 0 Å². The highest BCUT2D eigenvalue weighted by atomic mass is 19.1. The van der Waals surface area contributed by atoms with E-state index >= 15 is 0 Å². The molecule has 0 fully saturated rings. The van der Waals surface area contributed by atoms with Gasteiger partial charge in [-0.25, -0.2) is 9.18 Å². The summed E-state index contributed by atoms with van der Waals surface area (Å²) in [7, 11) is 0. The van der Waals surface area contributed by atoms with Gasteiger partial charge in [-0.1, -0.05) is 6.07 Å². The summed E-state index contributed by atoms with van der Waals surface area (Å²) in [6, 6.07) is 4.91. The molecule has 0 spiro atoms. The van der Waals surface area contributed by atoms with Gasteiger partial charge in [0.1, 0.15) is 5.82 Å². The third-order valence-corrected chi connectivity index (χ3v) is 2.58. The maximum atomic E-state index is 13.7. The van der Waals surface area contributed by atoms with Crippen molar-refractivity contribution in [2.45, 2.75) is 6.54 Å². The van der Waals surface area contributed by atoms with E-state index in [1.807, 2.05) is 0 Å². The maximum Gasteiger partial charge on any atom is 0.328 e. The number of carbonyl (C=O) groups excluding carboxylic acids is 1. The van der Waals surface area contributed by atoms with E-state index in [2.05, 4.69) is 4.98 Å². The number of aromatic nitrogens is 2. The molecule has 1 heterocycles. The lowest BCUT2D eigenvalue weighted by Gasteiger charge is -2.06. The number of aromatic amines is 1. The van der Waals surface area contributed by atoms with Gasteiger partial charge in [0.2, 0.25) is 5.91 Å². The number of nitrogens with two attached hydrogens (primary N) is 1. The number of halogens is 1. The van der Waals surface area contributed by atoms with Gasteiger partial charge in [-0.2, -0.15) is 0 Å². The fourth-order valence-corrected chi connectivity index (χ4v) is 1.58. The van der Waals surface area contributed by atoms with Crippen LogP contribution in [-0.2, 0) is 6.54 Å². The molecule has 7 heteroatoms. The minimum absolute atomic E-state index is 0.0510. The average Bonchev–Trinajstić information content (AvgIpc) is 2.34. The molecular weight excluding hydrogens is 253 g/mol. The van der Waals surface area contributed by atoms with E-state index in [0.29, 0.717) is 0 Å². The van der Waals surface area contributed by atoms with Crippen LogP contribution in [0.15, 0.2) is 40.1 Å². The molecule has 1 amide bonds. The van der Waals surface area contributed by atoms with Gasteiger partial charge in [0, 0.05) is 23.4 Å². The smallest absolute Gasteiger partial charge is 0.328 e. The monoisotopic (exact) mass is 263 g/mol. The van der Waals surface area contributed by atoms with Crippen molar-refractivity contribution in [1.82, 2.24) is 9.55 Å². The van der Waals surface area contributed by atoms with Crippen LogP contribution in [0.5, 0.6) is 0 Å². The Bertz CT molecular complexity index is 748. The molecule has 0 aliphatic heterocycles. The Labute approximate surface area is 106 Å². The molecule has 19 heavy (non-hydrogen) atoms. The first kappa shape index (κ1) is 12.7. The largest absolute Gasteiger partial charge is 0.366 e. The molecule has 2 aromatic rings. The van der Waals surface area contributed by atoms with Crippen LogP contribution >= 0.6 is 0 Å². The molecule has 0 saturated carbocycles. The molecule has 0 atom stereocenters. The van der Waals surface area contributed by atoms with Crippen molar-refractivity contribution in [3.05, 3.63) is 68.2 Å². The minimum Gasteiger partial charge on any atom is -0.366 e. The second-order valence-electron chi connectivity index (χ2n) is 3.91. The van der Waals surface area contributed by atoms with E-state index in [0.717, 1.165) is 16.7 Å². The van der Waals surface area contributed by atoms with Crippen molar-refractivity contribution in [3.8, 4) is 0 Å². The fourth-order valence-electron chi connectivity index (χ4n) is 1.58. The predicted octanol–water partition coefficient (Wildman–Crippen LogP) is -0.177. The molecule has 3 N–H and O–H groups in total. The number of hydrogen-bond acceptors (Lipinski definition) is 3. The molecule has 1 aromatic heterocycles. The fraction of sp³-hybridized carbons (Fsp3) is 0.0833. The van der Waals surface area contributed by atoms with Gasteiger partial charge in [-0.3, -0.25) is 19.1 Å². The second-order valence-corrected chi connectivity index (χ2v) is 3.91. The number of primary amides is 1. The Morgan fingerprint density at radius 1 is 1.32 bits per heavy atom. The summed E-state index contributed by atoms with van der Waals surface area (Å²) in [4.78, 5) is 35.3. The summed E-state index contributed by atoms with van der Waals surface area (Å²) < 4.78 is 14.9. The Kier molecular flexibility index (Phi) is 3.28. The van der Waals surface area contributed by atoms with Gasteiger partial charge >= 0.3 is 5.69 Å². The lowest BCUT2D eigenvalue weighted by atomic mass is 10.1. The zero-order valence-corrected chi connectivity index (χ0v) is 9.72. The lowest BCUT2D eigenvalue weighted by Crippen LogP contribution is -2.29. The number of hydrogen-bond donors (Lipinski definition) is 2. The van der Waals surface area contributed by atoms with E-state index < -0.39 is 23.0 Å². The number of nitrogens with one attached hydrogen (secondary N) is 1. The number of H-pyrrole nitrogens is 1. The summed E-state index contributed by atoms with van der Waals surface area (Å²) in [5, 5.41) is 0. The predicted molar refractivity (Wildman–Crippen MR) is 65.3 cm³/mol. The van der Waals surface area contributed by atoms with Crippen LogP contribution in [0.25, 0.3) is 0 Å². The summed E-state index contributed by atoms with van der Waals surface area (Å²) in [6.45, 7) is -0.0551. The van der Waals surface area contributed by atoms with Crippen molar-refractivity contribution >= 4 is 5.91 Å². The molecule has 0 saturated heterocycles. The zero-order chi connectivity index (χ0) is 14.0. The highest BCUT2D eigenvalue weighted by Gasteiger charge is 2.08. The first-order valence-electron chi connectivity index (χ1n) is 5.35. The van der Waals surface area contributed by atoms with Gasteiger partial charge in [-0.05, 0) is 12.1 Å².